The molecule has 0 atom stereocenters. The van der Waals surface area contributed by atoms with Gasteiger partial charge in [-0.3, -0.25) is 10.1 Å². The molecule has 0 amide bonds. The van der Waals surface area contributed by atoms with Crippen LogP contribution in [-0.2, 0) is 10.0 Å². The molecular weight excluding hydrogens is 316 g/mol. The summed E-state index contributed by atoms with van der Waals surface area (Å²) in [7, 11) is -3.81. The number of hydrogen-bond donors (Lipinski definition) is 0. The third-order valence-electron chi connectivity index (χ3n) is 3.38. The Hall–Kier alpha value is -1.18. The maximum atomic E-state index is 12.7. The topological polar surface area (TPSA) is 80.5 Å². The van der Waals surface area contributed by atoms with Crippen LogP contribution in [0.5, 0.6) is 0 Å². The lowest BCUT2D eigenvalue weighted by Crippen LogP contribution is -2.33. The lowest BCUT2D eigenvalue weighted by Gasteiger charge is -2.22. The molecule has 1 fully saturated rings. The van der Waals surface area contributed by atoms with Gasteiger partial charge in [-0.25, -0.2) is 8.42 Å². The van der Waals surface area contributed by atoms with E-state index < -0.39 is 14.9 Å². The van der Waals surface area contributed by atoms with Gasteiger partial charge < -0.3 is 0 Å². The molecule has 1 aliphatic rings. The zero-order valence-electron chi connectivity index (χ0n) is 11.7. The van der Waals surface area contributed by atoms with Crippen molar-refractivity contribution < 1.29 is 13.3 Å². The summed E-state index contributed by atoms with van der Waals surface area (Å²) < 4.78 is 26.8. The predicted molar refractivity (Wildman–Crippen MR) is 79.9 cm³/mol. The Morgan fingerprint density at radius 1 is 1.43 bits per heavy atom. The zero-order chi connectivity index (χ0) is 15.6. The van der Waals surface area contributed by atoms with E-state index in [1.165, 1.54) is 16.4 Å². The first kappa shape index (κ1) is 16.2. The van der Waals surface area contributed by atoms with Crippen LogP contribution in [0, 0.1) is 16.0 Å². The van der Waals surface area contributed by atoms with Crippen LogP contribution in [0.2, 0.25) is 5.02 Å². The van der Waals surface area contributed by atoms with Gasteiger partial charge in [-0.1, -0.05) is 18.5 Å². The first-order valence-corrected chi connectivity index (χ1v) is 8.62. The molecule has 0 aliphatic heterocycles. The minimum Gasteiger partial charge on any atom is -0.258 e. The van der Waals surface area contributed by atoms with Gasteiger partial charge in [-0.2, -0.15) is 4.31 Å². The van der Waals surface area contributed by atoms with Crippen LogP contribution in [0.15, 0.2) is 23.1 Å². The molecule has 116 valence electrons. The van der Waals surface area contributed by atoms with Crippen LogP contribution in [0.1, 0.15) is 26.2 Å². The van der Waals surface area contributed by atoms with Gasteiger partial charge in [-0.15, -0.1) is 0 Å². The van der Waals surface area contributed by atoms with Gasteiger partial charge in [-0.05, 0) is 31.2 Å². The number of nitro groups is 1. The normalized spacial score (nSPS) is 15.4. The van der Waals surface area contributed by atoms with E-state index in [-0.39, 0.29) is 15.6 Å². The van der Waals surface area contributed by atoms with Gasteiger partial charge in [0.05, 0.1) is 9.95 Å². The van der Waals surface area contributed by atoms with Crippen LogP contribution >= 0.6 is 11.6 Å². The van der Waals surface area contributed by atoms with Crippen molar-refractivity contribution in [3.63, 3.8) is 0 Å². The fourth-order valence-corrected chi connectivity index (χ4v) is 4.19. The van der Waals surface area contributed by atoms with Crippen LogP contribution < -0.4 is 0 Å². The molecule has 0 aromatic heterocycles. The standard InChI is InChI=1S/C13H17ClN2O4S/c1-2-7-15(9-10-3-4-10)21(19,20)13-8-11(16(17)18)5-6-12(13)14/h5-6,8,10H,2-4,7,9H2,1H3. The number of benzene rings is 1. The van der Waals surface area contributed by atoms with E-state index in [0.717, 1.165) is 18.9 Å². The lowest BCUT2D eigenvalue weighted by molar-refractivity contribution is -0.385. The number of halogens is 1. The van der Waals surface area contributed by atoms with Gasteiger partial charge in [0.25, 0.3) is 5.69 Å². The zero-order valence-corrected chi connectivity index (χ0v) is 13.2. The Balaban J connectivity index is 2.40. The SMILES string of the molecule is CCCN(CC1CC1)S(=O)(=O)c1cc([N+](=O)[O-])ccc1Cl. The summed E-state index contributed by atoms with van der Waals surface area (Å²) in [6.07, 6.45) is 2.73. The Labute approximate surface area is 128 Å². The van der Waals surface area contributed by atoms with Crippen molar-refractivity contribution in [1.82, 2.24) is 4.31 Å². The highest BCUT2D eigenvalue weighted by atomic mass is 35.5. The van der Waals surface area contributed by atoms with E-state index >= 15 is 0 Å². The molecular formula is C13H17ClN2O4S. The molecule has 21 heavy (non-hydrogen) atoms. The van der Waals surface area contributed by atoms with Gasteiger partial charge in [0, 0.05) is 25.2 Å². The first-order chi connectivity index (χ1) is 9.86. The first-order valence-electron chi connectivity index (χ1n) is 6.80. The lowest BCUT2D eigenvalue weighted by atomic mass is 10.3. The van der Waals surface area contributed by atoms with Crippen molar-refractivity contribution in [3.8, 4) is 0 Å². The fraction of sp³-hybridized carbons (Fsp3) is 0.538. The molecule has 2 rings (SSSR count). The van der Waals surface area contributed by atoms with Crippen LogP contribution in [0.25, 0.3) is 0 Å². The second-order valence-electron chi connectivity index (χ2n) is 5.18. The molecule has 0 radical (unpaired) electrons. The van der Waals surface area contributed by atoms with E-state index in [2.05, 4.69) is 0 Å². The summed E-state index contributed by atoms with van der Waals surface area (Å²) >= 11 is 5.95. The maximum Gasteiger partial charge on any atom is 0.270 e. The summed E-state index contributed by atoms with van der Waals surface area (Å²) in [5, 5.41) is 10.8. The largest absolute Gasteiger partial charge is 0.270 e. The Morgan fingerprint density at radius 2 is 2.10 bits per heavy atom. The third-order valence-corrected chi connectivity index (χ3v) is 5.72. The highest BCUT2D eigenvalue weighted by Gasteiger charge is 2.33. The van der Waals surface area contributed by atoms with Crippen LogP contribution in [0.3, 0.4) is 0 Å². The number of non-ortho nitro benzene ring substituents is 1. The summed E-state index contributed by atoms with van der Waals surface area (Å²) in [6.45, 7) is 2.73. The predicted octanol–water partition coefficient (Wildman–Crippen LogP) is 3.06. The molecule has 0 unspecified atom stereocenters. The van der Waals surface area contributed by atoms with Crippen molar-refractivity contribution >= 4 is 27.3 Å². The molecule has 0 spiro atoms. The van der Waals surface area contributed by atoms with E-state index in [9.17, 15) is 18.5 Å². The minimum absolute atomic E-state index is 0.0116. The molecule has 1 aromatic rings. The molecule has 1 aliphatic carbocycles. The van der Waals surface area contributed by atoms with Gasteiger partial charge >= 0.3 is 0 Å². The molecule has 1 aromatic carbocycles. The highest BCUT2D eigenvalue weighted by molar-refractivity contribution is 7.89. The van der Waals surface area contributed by atoms with Crippen molar-refractivity contribution in [1.29, 1.82) is 0 Å². The summed E-state index contributed by atoms with van der Waals surface area (Å²) in [6, 6.07) is 3.49. The number of hydrogen-bond acceptors (Lipinski definition) is 4. The second kappa shape index (κ2) is 6.29. The third kappa shape index (κ3) is 3.72. The Morgan fingerprint density at radius 3 is 2.62 bits per heavy atom. The smallest absolute Gasteiger partial charge is 0.258 e. The van der Waals surface area contributed by atoms with Crippen LogP contribution in [-0.4, -0.2) is 30.7 Å². The summed E-state index contributed by atoms with van der Waals surface area (Å²) in [5.41, 5.74) is -0.277. The van der Waals surface area contributed by atoms with E-state index in [0.29, 0.717) is 25.4 Å². The van der Waals surface area contributed by atoms with Gasteiger partial charge in [0.15, 0.2) is 0 Å². The summed E-state index contributed by atoms with van der Waals surface area (Å²) in [4.78, 5) is 10.0. The van der Waals surface area contributed by atoms with Crippen molar-refractivity contribution in [2.45, 2.75) is 31.1 Å². The number of rotatable bonds is 7. The molecule has 0 saturated heterocycles. The van der Waals surface area contributed by atoms with Crippen molar-refractivity contribution in [3.05, 3.63) is 33.3 Å². The fourth-order valence-electron chi connectivity index (χ4n) is 2.09. The van der Waals surface area contributed by atoms with Crippen molar-refractivity contribution in [2.75, 3.05) is 13.1 Å². The number of sulfonamides is 1. The quantitative estimate of drug-likeness (QED) is 0.567. The average molecular weight is 333 g/mol. The molecule has 8 heteroatoms. The monoisotopic (exact) mass is 332 g/mol. The van der Waals surface area contributed by atoms with E-state index in [1.807, 2.05) is 6.92 Å². The van der Waals surface area contributed by atoms with E-state index in [4.69, 9.17) is 11.6 Å². The molecule has 0 bridgehead atoms. The molecule has 1 saturated carbocycles. The average Bonchev–Trinajstić information content (AvgIpc) is 3.22. The van der Waals surface area contributed by atoms with Crippen LogP contribution in [0.4, 0.5) is 5.69 Å². The minimum atomic E-state index is -3.81. The Kier molecular flexibility index (Phi) is 4.85. The summed E-state index contributed by atoms with van der Waals surface area (Å²) in [5.74, 6) is 0.392. The Bertz CT molecular complexity index is 644. The van der Waals surface area contributed by atoms with Gasteiger partial charge in [0.1, 0.15) is 4.90 Å². The highest BCUT2D eigenvalue weighted by Crippen LogP contribution is 2.34. The van der Waals surface area contributed by atoms with Gasteiger partial charge in [0.2, 0.25) is 10.0 Å². The molecule has 6 nitrogen and oxygen atoms in total. The maximum absolute atomic E-state index is 12.7. The number of nitrogens with zero attached hydrogens (tertiary/aromatic N) is 2. The number of nitro benzene ring substituents is 1. The second-order valence-corrected chi connectivity index (χ2v) is 7.49. The van der Waals surface area contributed by atoms with E-state index in [1.54, 1.807) is 0 Å². The van der Waals surface area contributed by atoms with Crippen molar-refractivity contribution in [2.24, 2.45) is 5.92 Å². The molecule has 0 heterocycles. The molecule has 0 N–H and O–H groups in total.